The van der Waals surface area contributed by atoms with Crippen LogP contribution >= 0.6 is 0 Å². The van der Waals surface area contributed by atoms with Gasteiger partial charge in [-0.1, -0.05) is 12.2 Å². The first-order valence-electron chi connectivity index (χ1n) is 4.60. The first kappa shape index (κ1) is 10.5. The molecule has 0 amide bonds. The zero-order valence-electron chi connectivity index (χ0n) is 8.89. The van der Waals surface area contributed by atoms with Gasteiger partial charge in [0.05, 0.1) is 17.1 Å². The van der Waals surface area contributed by atoms with E-state index in [1.807, 2.05) is 27.7 Å². The first-order valence-corrected chi connectivity index (χ1v) is 4.60. The van der Waals surface area contributed by atoms with Gasteiger partial charge in [-0.05, 0) is 34.1 Å². The molecule has 1 heterocycles. The van der Waals surface area contributed by atoms with E-state index in [2.05, 4.69) is 6.58 Å². The van der Waals surface area contributed by atoms with Crippen LogP contribution in [-0.4, -0.2) is 18.0 Å². The van der Waals surface area contributed by atoms with Gasteiger partial charge in [0.15, 0.2) is 0 Å². The van der Waals surface area contributed by atoms with Crippen molar-refractivity contribution in [2.75, 3.05) is 0 Å². The summed E-state index contributed by atoms with van der Waals surface area (Å²) in [6, 6.07) is 0. The Morgan fingerprint density at radius 3 is 2.38 bits per heavy atom. The van der Waals surface area contributed by atoms with Crippen LogP contribution in [0.4, 0.5) is 0 Å². The highest BCUT2D eigenvalue weighted by Crippen LogP contribution is 2.44. The van der Waals surface area contributed by atoms with E-state index in [1.165, 1.54) is 0 Å². The van der Waals surface area contributed by atoms with Crippen molar-refractivity contribution in [3.8, 4) is 0 Å². The molecule has 0 radical (unpaired) electrons. The van der Waals surface area contributed by atoms with Gasteiger partial charge < -0.3 is 9.53 Å². The average Bonchev–Trinajstić information content (AvgIpc) is 2.22. The molecule has 0 aromatic heterocycles. The third-order valence-electron chi connectivity index (χ3n) is 2.56. The molecule has 0 N–H and O–H groups in total. The smallest absolute Gasteiger partial charge is 0.128 e. The fourth-order valence-electron chi connectivity index (χ4n) is 2.27. The van der Waals surface area contributed by atoms with Crippen LogP contribution in [0.5, 0.6) is 0 Å². The number of carbonyl (C=O) groups excluding carboxylic acids is 1. The van der Waals surface area contributed by atoms with Gasteiger partial charge >= 0.3 is 0 Å². The molecule has 1 saturated heterocycles. The Bertz CT molecular complexity index is 242. The Hall–Kier alpha value is -0.630. The van der Waals surface area contributed by atoms with E-state index in [1.54, 1.807) is 0 Å². The minimum absolute atomic E-state index is 0.125. The van der Waals surface area contributed by atoms with Gasteiger partial charge in [0, 0.05) is 0 Å². The highest BCUT2D eigenvalue weighted by molar-refractivity contribution is 5.62. The van der Waals surface area contributed by atoms with E-state index >= 15 is 0 Å². The van der Waals surface area contributed by atoms with Gasteiger partial charge in [-0.25, -0.2) is 0 Å². The van der Waals surface area contributed by atoms with Crippen LogP contribution in [0.15, 0.2) is 12.2 Å². The number of ether oxygens (including phenoxy) is 1. The standard InChI is InChI=1S/C11H18O2/c1-8(2)9-11(5,7-12)6-10(3,4)13-9/h7,9H,1,6H2,2-5H3/t9-,11+/m1/s1. The van der Waals surface area contributed by atoms with Crippen molar-refractivity contribution < 1.29 is 9.53 Å². The van der Waals surface area contributed by atoms with Crippen molar-refractivity contribution in [1.82, 2.24) is 0 Å². The van der Waals surface area contributed by atoms with Crippen molar-refractivity contribution >= 4 is 6.29 Å². The normalized spacial score (nSPS) is 37.4. The van der Waals surface area contributed by atoms with E-state index in [-0.39, 0.29) is 11.7 Å². The summed E-state index contributed by atoms with van der Waals surface area (Å²) in [5.41, 5.74) is 0.328. The topological polar surface area (TPSA) is 26.3 Å². The maximum Gasteiger partial charge on any atom is 0.128 e. The van der Waals surface area contributed by atoms with E-state index in [4.69, 9.17) is 4.74 Å². The predicted octanol–water partition coefficient (Wildman–Crippen LogP) is 2.34. The van der Waals surface area contributed by atoms with Crippen LogP contribution < -0.4 is 0 Å². The fraction of sp³-hybridized carbons (Fsp3) is 0.727. The Morgan fingerprint density at radius 1 is 1.54 bits per heavy atom. The van der Waals surface area contributed by atoms with E-state index in [0.29, 0.717) is 0 Å². The van der Waals surface area contributed by atoms with Crippen LogP contribution in [0, 0.1) is 5.41 Å². The Kier molecular flexibility index (Phi) is 2.37. The lowest BCUT2D eigenvalue weighted by molar-refractivity contribution is -0.117. The molecule has 0 spiro atoms. The second kappa shape index (κ2) is 2.95. The fourth-order valence-corrected chi connectivity index (χ4v) is 2.27. The minimum atomic E-state index is -0.394. The number of hydrogen-bond donors (Lipinski definition) is 0. The van der Waals surface area contributed by atoms with E-state index in [9.17, 15) is 4.79 Å². The van der Waals surface area contributed by atoms with Crippen LogP contribution in [0.3, 0.4) is 0 Å². The Labute approximate surface area is 80.0 Å². The van der Waals surface area contributed by atoms with Gasteiger partial charge in [-0.3, -0.25) is 0 Å². The minimum Gasteiger partial charge on any atom is -0.367 e. The maximum absolute atomic E-state index is 11.0. The second-order valence-corrected chi connectivity index (χ2v) is 4.90. The molecule has 13 heavy (non-hydrogen) atoms. The maximum atomic E-state index is 11.0. The summed E-state index contributed by atoms with van der Waals surface area (Å²) in [5, 5.41) is 0. The van der Waals surface area contributed by atoms with E-state index < -0.39 is 5.41 Å². The molecule has 1 aliphatic heterocycles. The number of hydrogen-bond acceptors (Lipinski definition) is 2. The van der Waals surface area contributed by atoms with Gasteiger partial charge in [0.25, 0.3) is 0 Å². The van der Waals surface area contributed by atoms with Gasteiger partial charge in [0.1, 0.15) is 6.29 Å². The molecule has 2 atom stereocenters. The molecule has 0 saturated carbocycles. The molecule has 0 aliphatic carbocycles. The summed E-state index contributed by atoms with van der Waals surface area (Å²) >= 11 is 0. The van der Waals surface area contributed by atoms with Gasteiger partial charge in [-0.15, -0.1) is 0 Å². The molecule has 0 aromatic carbocycles. The summed E-state index contributed by atoms with van der Waals surface area (Å²) in [6.45, 7) is 11.7. The van der Waals surface area contributed by atoms with Gasteiger partial charge in [-0.2, -0.15) is 0 Å². The number of aldehydes is 1. The summed E-state index contributed by atoms with van der Waals surface area (Å²) in [7, 11) is 0. The Morgan fingerprint density at radius 2 is 2.08 bits per heavy atom. The van der Waals surface area contributed by atoms with Crippen LogP contribution in [-0.2, 0) is 9.53 Å². The molecule has 1 rings (SSSR count). The highest BCUT2D eigenvalue weighted by Gasteiger charge is 2.49. The molecule has 0 aromatic rings. The van der Waals surface area contributed by atoms with Crippen molar-refractivity contribution in [2.24, 2.45) is 5.41 Å². The van der Waals surface area contributed by atoms with Crippen molar-refractivity contribution in [2.45, 2.75) is 45.8 Å². The molecular weight excluding hydrogens is 164 g/mol. The molecule has 1 fully saturated rings. The summed E-state index contributed by atoms with van der Waals surface area (Å²) in [6.07, 6.45) is 1.64. The molecule has 0 unspecified atom stereocenters. The lowest BCUT2D eigenvalue weighted by Crippen LogP contribution is -2.29. The highest BCUT2D eigenvalue weighted by atomic mass is 16.5. The largest absolute Gasteiger partial charge is 0.367 e. The summed E-state index contributed by atoms with van der Waals surface area (Å²) in [4.78, 5) is 11.0. The molecule has 2 heteroatoms. The van der Waals surface area contributed by atoms with E-state index in [0.717, 1.165) is 18.3 Å². The number of rotatable bonds is 2. The molecule has 0 bridgehead atoms. The number of carbonyl (C=O) groups is 1. The third-order valence-corrected chi connectivity index (χ3v) is 2.56. The SMILES string of the molecule is C=C(C)[C@H]1OC(C)(C)C[C@@]1(C)C=O. The Balaban J connectivity index is 2.96. The lowest BCUT2D eigenvalue weighted by Gasteiger charge is -2.23. The van der Waals surface area contributed by atoms with Crippen molar-refractivity contribution in [1.29, 1.82) is 0 Å². The average molecular weight is 182 g/mol. The van der Waals surface area contributed by atoms with Crippen molar-refractivity contribution in [3.05, 3.63) is 12.2 Å². The summed E-state index contributed by atoms with van der Waals surface area (Å²) < 4.78 is 5.79. The molecule has 1 aliphatic rings. The zero-order valence-corrected chi connectivity index (χ0v) is 8.89. The molecule has 2 nitrogen and oxygen atoms in total. The lowest BCUT2D eigenvalue weighted by atomic mass is 9.79. The second-order valence-electron chi connectivity index (χ2n) is 4.90. The predicted molar refractivity (Wildman–Crippen MR) is 52.6 cm³/mol. The summed E-state index contributed by atoms with van der Waals surface area (Å²) in [5.74, 6) is 0. The third kappa shape index (κ3) is 1.83. The van der Waals surface area contributed by atoms with Crippen LogP contribution in [0.1, 0.15) is 34.1 Å². The zero-order chi connectivity index (χ0) is 10.3. The first-order chi connectivity index (χ1) is 5.81. The van der Waals surface area contributed by atoms with Gasteiger partial charge in [0.2, 0.25) is 0 Å². The molecular formula is C11H18O2. The van der Waals surface area contributed by atoms with Crippen molar-refractivity contribution in [3.63, 3.8) is 0 Å². The van der Waals surface area contributed by atoms with Crippen LogP contribution in [0.25, 0.3) is 0 Å². The monoisotopic (exact) mass is 182 g/mol. The molecule has 74 valence electrons. The van der Waals surface area contributed by atoms with Crippen LogP contribution in [0.2, 0.25) is 0 Å². The quantitative estimate of drug-likeness (QED) is 0.484.